The van der Waals surface area contributed by atoms with E-state index in [0.717, 1.165) is 6.08 Å². The summed E-state index contributed by atoms with van der Waals surface area (Å²) in [5.41, 5.74) is 0.784. The Labute approximate surface area is 81.9 Å². The van der Waals surface area contributed by atoms with Gasteiger partial charge in [0.25, 0.3) is 0 Å². The number of allylic oxidation sites excluding steroid dienone is 4. The minimum Gasteiger partial charge on any atom is -0.208 e. The van der Waals surface area contributed by atoms with Gasteiger partial charge in [0.15, 0.2) is 0 Å². The molecule has 1 aromatic rings. The van der Waals surface area contributed by atoms with E-state index < -0.39 is 5.83 Å². The summed E-state index contributed by atoms with van der Waals surface area (Å²) < 4.78 is 25.4. The van der Waals surface area contributed by atoms with Crippen LogP contribution >= 0.6 is 0 Å². The number of rotatable bonds is 3. The van der Waals surface area contributed by atoms with Crippen LogP contribution in [0.3, 0.4) is 0 Å². The lowest BCUT2D eigenvalue weighted by molar-refractivity contribution is 0.624. The first-order chi connectivity index (χ1) is 6.61. The van der Waals surface area contributed by atoms with Gasteiger partial charge in [-0.1, -0.05) is 37.4 Å². The van der Waals surface area contributed by atoms with E-state index in [-0.39, 0.29) is 5.82 Å². The molecule has 0 heterocycles. The van der Waals surface area contributed by atoms with Crippen molar-refractivity contribution in [2.45, 2.75) is 0 Å². The molecule has 0 nitrogen and oxygen atoms in total. The van der Waals surface area contributed by atoms with Crippen molar-refractivity contribution in [1.82, 2.24) is 0 Å². The fraction of sp³-hybridized carbons (Fsp3) is 0. The van der Waals surface area contributed by atoms with Crippen molar-refractivity contribution in [3.8, 4) is 0 Å². The molecule has 1 aromatic carbocycles. The van der Waals surface area contributed by atoms with Crippen molar-refractivity contribution in [2.24, 2.45) is 0 Å². The normalized spacial score (nSPS) is 10.4. The molecule has 0 unspecified atom stereocenters. The highest BCUT2D eigenvalue weighted by Gasteiger charge is 2.01. The summed E-state index contributed by atoms with van der Waals surface area (Å²) >= 11 is 0. The zero-order chi connectivity index (χ0) is 10.6. The van der Waals surface area contributed by atoms with Crippen molar-refractivity contribution in [3.05, 3.63) is 66.8 Å². The monoisotopic (exact) mass is 192 g/mol. The molecule has 0 aromatic heterocycles. The van der Waals surface area contributed by atoms with E-state index in [4.69, 9.17) is 0 Å². The van der Waals surface area contributed by atoms with E-state index in [1.165, 1.54) is 12.1 Å². The second-order valence-corrected chi connectivity index (χ2v) is 2.79. The fourth-order valence-electron chi connectivity index (χ4n) is 1.00. The second-order valence-electron chi connectivity index (χ2n) is 2.79. The molecule has 0 aliphatic carbocycles. The van der Waals surface area contributed by atoms with Crippen molar-refractivity contribution >= 4 is 5.57 Å². The SMILES string of the molecule is C=C(F)/C=C\C(=C)c1ccccc1F. The Morgan fingerprint density at radius 3 is 2.36 bits per heavy atom. The highest BCUT2D eigenvalue weighted by atomic mass is 19.1. The van der Waals surface area contributed by atoms with Crippen molar-refractivity contribution in [2.75, 3.05) is 0 Å². The molecule has 0 aliphatic heterocycles. The topological polar surface area (TPSA) is 0 Å². The first kappa shape index (κ1) is 10.4. The maximum atomic E-state index is 13.2. The molecule has 0 fully saturated rings. The molecule has 0 spiro atoms. The van der Waals surface area contributed by atoms with Crippen LogP contribution in [-0.4, -0.2) is 0 Å². The van der Waals surface area contributed by atoms with Gasteiger partial charge in [0, 0.05) is 5.56 Å². The van der Waals surface area contributed by atoms with Gasteiger partial charge in [-0.05, 0) is 17.7 Å². The van der Waals surface area contributed by atoms with Gasteiger partial charge in [0.05, 0.1) is 0 Å². The lowest BCUT2D eigenvalue weighted by atomic mass is 10.1. The molecule has 2 heteroatoms. The van der Waals surface area contributed by atoms with Gasteiger partial charge in [0.1, 0.15) is 11.6 Å². The van der Waals surface area contributed by atoms with Gasteiger partial charge in [-0.15, -0.1) is 0 Å². The van der Waals surface area contributed by atoms with Crippen LogP contribution in [0.4, 0.5) is 8.78 Å². The third-order valence-corrected chi connectivity index (χ3v) is 1.69. The molecule has 0 saturated carbocycles. The largest absolute Gasteiger partial charge is 0.208 e. The van der Waals surface area contributed by atoms with Crippen LogP contribution in [0.25, 0.3) is 5.57 Å². The van der Waals surface area contributed by atoms with Gasteiger partial charge in [-0.25, -0.2) is 8.78 Å². The zero-order valence-corrected chi connectivity index (χ0v) is 7.63. The van der Waals surface area contributed by atoms with Crippen LogP contribution in [0.5, 0.6) is 0 Å². The fourth-order valence-corrected chi connectivity index (χ4v) is 1.00. The summed E-state index contributed by atoms with van der Waals surface area (Å²) in [6.45, 7) is 6.68. The average Bonchev–Trinajstić information content (AvgIpc) is 2.15. The van der Waals surface area contributed by atoms with Gasteiger partial charge < -0.3 is 0 Å². The molecule has 14 heavy (non-hydrogen) atoms. The Morgan fingerprint density at radius 2 is 1.79 bits per heavy atom. The lowest BCUT2D eigenvalue weighted by Crippen LogP contribution is -1.84. The van der Waals surface area contributed by atoms with Gasteiger partial charge in [-0.2, -0.15) is 0 Å². The van der Waals surface area contributed by atoms with E-state index in [1.807, 2.05) is 0 Å². The first-order valence-corrected chi connectivity index (χ1v) is 4.07. The van der Waals surface area contributed by atoms with Gasteiger partial charge >= 0.3 is 0 Å². The molecule has 0 radical (unpaired) electrons. The Hall–Kier alpha value is -1.70. The Balaban J connectivity index is 2.91. The van der Waals surface area contributed by atoms with Gasteiger partial charge in [0.2, 0.25) is 0 Å². The maximum absolute atomic E-state index is 13.2. The average molecular weight is 192 g/mol. The standard InChI is InChI=1S/C12H10F2/c1-9(7-8-10(2)13)11-5-3-4-6-12(11)14/h3-8H,1-2H2/b8-7-. The third-order valence-electron chi connectivity index (χ3n) is 1.69. The number of benzene rings is 1. The zero-order valence-electron chi connectivity index (χ0n) is 7.63. The van der Waals surface area contributed by atoms with Crippen LogP contribution in [0.15, 0.2) is 55.4 Å². The molecule has 0 amide bonds. The smallest absolute Gasteiger partial charge is 0.131 e. The van der Waals surface area contributed by atoms with Crippen LogP contribution in [0, 0.1) is 5.82 Å². The summed E-state index contributed by atoms with van der Waals surface area (Å²) in [5.74, 6) is -0.950. The molecule has 0 N–H and O–H groups in total. The quantitative estimate of drug-likeness (QED) is 0.637. The predicted molar refractivity (Wildman–Crippen MR) is 54.8 cm³/mol. The molecule has 0 aliphatic rings. The first-order valence-electron chi connectivity index (χ1n) is 4.07. The molecule has 0 atom stereocenters. The van der Waals surface area contributed by atoms with E-state index >= 15 is 0 Å². The van der Waals surface area contributed by atoms with E-state index in [2.05, 4.69) is 13.2 Å². The van der Waals surface area contributed by atoms with Crippen LogP contribution < -0.4 is 0 Å². The molecule has 0 saturated heterocycles. The van der Waals surface area contributed by atoms with E-state index in [9.17, 15) is 8.78 Å². The molecule has 1 rings (SSSR count). The van der Waals surface area contributed by atoms with Crippen molar-refractivity contribution in [3.63, 3.8) is 0 Å². The summed E-state index contributed by atoms with van der Waals surface area (Å²) in [5, 5.41) is 0. The van der Waals surface area contributed by atoms with Crippen LogP contribution in [0.1, 0.15) is 5.56 Å². The summed E-state index contributed by atoms with van der Waals surface area (Å²) in [6, 6.07) is 6.20. The third kappa shape index (κ3) is 2.66. The second kappa shape index (κ2) is 4.51. The molecular formula is C12H10F2. The Kier molecular flexibility index (Phi) is 3.35. The predicted octanol–water partition coefficient (Wildman–Crippen LogP) is 3.88. The molecule has 72 valence electrons. The Bertz CT molecular complexity index is 389. The lowest BCUT2D eigenvalue weighted by Gasteiger charge is -2.00. The number of hydrogen-bond acceptors (Lipinski definition) is 0. The maximum Gasteiger partial charge on any atom is 0.131 e. The van der Waals surface area contributed by atoms with Crippen LogP contribution in [-0.2, 0) is 0 Å². The number of halogens is 2. The van der Waals surface area contributed by atoms with Crippen molar-refractivity contribution < 1.29 is 8.78 Å². The summed E-state index contributed by atoms with van der Waals surface area (Å²) in [7, 11) is 0. The van der Waals surface area contributed by atoms with E-state index in [1.54, 1.807) is 18.2 Å². The van der Waals surface area contributed by atoms with Crippen LogP contribution in [0.2, 0.25) is 0 Å². The minimum atomic E-state index is -0.581. The van der Waals surface area contributed by atoms with Gasteiger partial charge in [-0.3, -0.25) is 0 Å². The Morgan fingerprint density at radius 1 is 1.14 bits per heavy atom. The summed E-state index contributed by atoms with van der Waals surface area (Å²) in [4.78, 5) is 0. The molecular weight excluding hydrogens is 182 g/mol. The minimum absolute atomic E-state index is 0.366. The number of hydrogen-bond donors (Lipinski definition) is 0. The summed E-state index contributed by atoms with van der Waals surface area (Å²) in [6.07, 6.45) is 2.54. The molecule has 0 bridgehead atoms. The van der Waals surface area contributed by atoms with Crippen molar-refractivity contribution in [1.29, 1.82) is 0 Å². The highest BCUT2D eigenvalue weighted by Crippen LogP contribution is 2.17. The highest BCUT2D eigenvalue weighted by molar-refractivity contribution is 5.72. The van der Waals surface area contributed by atoms with E-state index in [0.29, 0.717) is 11.1 Å².